The van der Waals surface area contributed by atoms with Gasteiger partial charge in [-0.3, -0.25) is 0 Å². The molecule has 3 aromatic heterocycles. The number of benzene rings is 1. The Bertz CT molecular complexity index is 959. The second kappa shape index (κ2) is 5.40. The van der Waals surface area contributed by atoms with Gasteiger partial charge in [-0.15, -0.1) is 10.2 Å². The standard InChI is InChI=1S/C15H12N4O3S/c1-20-10-6-3-5-9(12(10)21-2)14-18-19-13(11-7-4-8-22-11)16-17-15(19)23-14/h3-8H,1-2H3. The van der Waals surface area contributed by atoms with E-state index >= 15 is 0 Å². The van der Waals surface area contributed by atoms with Gasteiger partial charge in [0, 0.05) is 0 Å². The summed E-state index contributed by atoms with van der Waals surface area (Å²) in [6, 6.07) is 9.29. The molecule has 0 amide bonds. The highest BCUT2D eigenvalue weighted by atomic mass is 32.1. The van der Waals surface area contributed by atoms with Gasteiger partial charge in [-0.1, -0.05) is 17.4 Å². The van der Waals surface area contributed by atoms with Gasteiger partial charge in [0.25, 0.3) is 0 Å². The molecule has 0 atom stereocenters. The number of aromatic nitrogens is 4. The largest absolute Gasteiger partial charge is 0.493 e. The lowest BCUT2D eigenvalue weighted by molar-refractivity contribution is 0.356. The van der Waals surface area contributed by atoms with Crippen molar-refractivity contribution in [1.29, 1.82) is 0 Å². The van der Waals surface area contributed by atoms with Crippen LogP contribution in [0.5, 0.6) is 11.5 Å². The summed E-state index contributed by atoms with van der Waals surface area (Å²) in [5.41, 5.74) is 0.841. The van der Waals surface area contributed by atoms with Gasteiger partial charge >= 0.3 is 0 Å². The van der Waals surface area contributed by atoms with Crippen LogP contribution < -0.4 is 9.47 Å². The van der Waals surface area contributed by atoms with Gasteiger partial charge in [-0.05, 0) is 24.3 Å². The lowest BCUT2D eigenvalue weighted by Crippen LogP contribution is -1.94. The summed E-state index contributed by atoms with van der Waals surface area (Å²) in [5.74, 6) is 2.48. The van der Waals surface area contributed by atoms with Crippen molar-refractivity contribution < 1.29 is 13.9 Å². The molecule has 0 radical (unpaired) electrons. The summed E-state index contributed by atoms with van der Waals surface area (Å²) in [6.07, 6.45) is 1.59. The molecule has 0 saturated heterocycles. The van der Waals surface area contributed by atoms with Crippen LogP contribution in [0.4, 0.5) is 0 Å². The number of para-hydroxylation sites is 1. The fourth-order valence-electron chi connectivity index (χ4n) is 2.34. The Kier molecular flexibility index (Phi) is 3.23. The molecule has 0 unspecified atom stereocenters. The third kappa shape index (κ3) is 2.15. The van der Waals surface area contributed by atoms with Gasteiger partial charge in [-0.2, -0.15) is 9.61 Å². The Labute approximate surface area is 135 Å². The molecule has 0 aliphatic carbocycles. The van der Waals surface area contributed by atoms with E-state index in [0.29, 0.717) is 28.0 Å². The molecule has 7 nitrogen and oxygen atoms in total. The monoisotopic (exact) mass is 328 g/mol. The predicted octanol–water partition coefficient (Wildman–Crippen LogP) is 3.13. The van der Waals surface area contributed by atoms with Crippen LogP contribution in [0.2, 0.25) is 0 Å². The SMILES string of the molecule is COc1cccc(-c2nn3c(-c4ccco4)nnc3s2)c1OC. The minimum absolute atomic E-state index is 0.564. The summed E-state index contributed by atoms with van der Waals surface area (Å²) in [6.45, 7) is 0. The zero-order valence-corrected chi connectivity index (χ0v) is 13.2. The number of fused-ring (bicyclic) bond motifs is 1. The van der Waals surface area contributed by atoms with Gasteiger partial charge in [0.1, 0.15) is 0 Å². The molecule has 3 heterocycles. The van der Waals surface area contributed by atoms with Gasteiger partial charge in [0.05, 0.1) is 26.0 Å². The van der Waals surface area contributed by atoms with E-state index in [1.54, 1.807) is 31.1 Å². The quantitative estimate of drug-likeness (QED) is 0.573. The Morgan fingerprint density at radius 2 is 2.00 bits per heavy atom. The van der Waals surface area contributed by atoms with Crippen molar-refractivity contribution in [2.75, 3.05) is 14.2 Å². The third-order valence-electron chi connectivity index (χ3n) is 3.37. The minimum Gasteiger partial charge on any atom is -0.493 e. The normalized spacial score (nSPS) is 11.0. The highest BCUT2D eigenvalue weighted by Gasteiger charge is 2.19. The highest BCUT2D eigenvalue weighted by Crippen LogP contribution is 2.39. The first-order valence-corrected chi connectivity index (χ1v) is 7.61. The summed E-state index contributed by atoms with van der Waals surface area (Å²) in [4.78, 5) is 0.677. The van der Waals surface area contributed by atoms with E-state index in [-0.39, 0.29) is 0 Å². The van der Waals surface area contributed by atoms with E-state index in [4.69, 9.17) is 13.9 Å². The number of hydrogen-bond acceptors (Lipinski definition) is 7. The average Bonchev–Trinajstić information content (AvgIpc) is 3.29. The van der Waals surface area contributed by atoms with Crippen molar-refractivity contribution in [3.8, 4) is 33.7 Å². The van der Waals surface area contributed by atoms with E-state index in [0.717, 1.165) is 10.6 Å². The molecule has 0 fully saturated rings. The topological polar surface area (TPSA) is 74.7 Å². The third-order valence-corrected chi connectivity index (χ3v) is 4.30. The van der Waals surface area contributed by atoms with Crippen LogP contribution in [0.1, 0.15) is 0 Å². The van der Waals surface area contributed by atoms with E-state index in [2.05, 4.69) is 15.3 Å². The molecule has 8 heteroatoms. The molecule has 0 aliphatic rings. The molecule has 0 saturated carbocycles. The van der Waals surface area contributed by atoms with Crippen LogP contribution in [0, 0.1) is 0 Å². The van der Waals surface area contributed by atoms with Gasteiger partial charge < -0.3 is 13.9 Å². The molecule has 0 bridgehead atoms. The van der Waals surface area contributed by atoms with Crippen molar-refractivity contribution in [1.82, 2.24) is 19.8 Å². The molecule has 0 N–H and O–H groups in total. The number of hydrogen-bond donors (Lipinski definition) is 0. The minimum atomic E-state index is 0.564. The predicted molar refractivity (Wildman–Crippen MR) is 84.9 cm³/mol. The van der Waals surface area contributed by atoms with Crippen LogP contribution in [0.3, 0.4) is 0 Å². The van der Waals surface area contributed by atoms with Crippen LogP contribution in [0.15, 0.2) is 41.0 Å². The Morgan fingerprint density at radius 3 is 2.74 bits per heavy atom. The van der Waals surface area contributed by atoms with Crippen molar-refractivity contribution in [3.63, 3.8) is 0 Å². The lowest BCUT2D eigenvalue weighted by Gasteiger charge is -2.10. The Balaban J connectivity index is 1.88. The van der Waals surface area contributed by atoms with Gasteiger partial charge in [0.2, 0.25) is 10.8 Å². The summed E-state index contributed by atoms with van der Waals surface area (Å²) < 4.78 is 17.9. The molecular weight excluding hydrogens is 316 g/mol. The van der Waals surface area contributed by atoms with Gasteiger partial charge in [0.15, 0.2) is 22.3 Å². The number of furan rings is 1. The zero-order chi connectivity index (χ0) is 15.8. The van der Waals surface area contributed by atoms with Crippen molar-refractivity contribution in [3.05, 3.63) is 36.6 Å². The summed E-state index contributed by atoms with van der Waals surface area (Å²) in [5, 5.41) is 13.6. The van der Waals surface area contributed by atoms with E-state index in [1.807, 2.05) is 24.3 Å². The smallest absolute Gasteiger partial charge is 0.235 e. The molecule has 0 aliphatic heterocycles. The molecule has 23 heavy (non-hydrogen) atoms. The van der Waals surface area contributed by atoms with Crippen molar-refractivity contribution >= 4 is 16.3 Å². The first-order chi connectivity index (χ1) is 11.3. The highest BCUT2D eigenvalue weighted by molar-refractivity contribution is 7.19. The molecular formula is C15H12N4O3S. The molecule has 4 aromatic rings. The summed E-state index contributed by atoms with van der Waals surface area (Å²) in [7, 11) is 3.21. The maximum absolute atomic E-state index is 5.47. The fourth-order valence-corrected chi connectivity index (χ4v) is 3.20. The van der Waals surface area contributed by atoms with Crippen LogP contribution in [0.25, 0.3) is 27.1 Å². The van der Waals surface area contributed by atoms with Gasteiger partial charge in [-0.25, -0.2) is 0 Å². The number of nitrogens with zero attached hydrogens (tertiary/aromatic N) is 4. The maximum atomic E-state index is 5.47. The first kappa shape index (κ1) is 13.8. The van der Waals surface area contributed by atoms with E-state index in [1.165, 1.54) is 11.3 Å². The van der Waals surface area contributed by atoms with Crippen LogP contribution in [-0.2, 0) is 0 Å². The molecule has 1 aromatic carbocycles. The number of ether oxygens (including phenoxy) is 2. The zero-order valence-electron chi connectivity index (χ0n) is 12.4. The Hall–Kier alpha value is -2.87. The average molecular weight is 328 g/mol. The Morgan fingerprint density at radius 1 is 1.09 bits per heavy atom. The van der Waals surface area contributed by atoms with Crippen molar-refractivity contribution in [2.45, 2.75) is 0 Å². The second-order valence-corrected chi connectivity index (χ2v) is 5.60. The molecule has 4 rings (SSSR count). The summed E-state index contributed by atoms with van der Waals surface area (Å²) >= 11 is 1.42. The first-order valence-electron chi connectivity index (χ1n) is 6.79. The van der Waals surface area contributed by atoms with Crippen LogP contribution >= 0.6 is 11.3 Å². The van der Waals surface area contributed by atoms with Crippen LogP contribution in [-0.4, -0.2) is 34.0 Å². The molecule has 0 spiro atoms. The second-order valence-electron chi connectivity index (χ2n) is 4.64. The fraction of sp³-hybridized carbons (Fsp3) is 0.133. The molecule has 116 valence electrons. The number of methoxy groups -OCH3 is 2. The van der Waals surface area contributed by atoms with E-state index < -0.39 is 0 Å². The van der Waals surface area contributed by atoms with Crippen molar-refractivity contribution in [2.24, 2.45) is 0 Å². The maximum Gasteiger partial charge on any atom is 0.235 e. The number of rotatable bonds is 4. The lowest BCUT2D eigenvalue weighted by atomic mass is 10.2. The van der Waals surface area contributed by atoms with E-state index in [9.17, 15) is 0 Å².